The van der Waals surface area contributed by atoms with Crippen molar-refractivity contribution in [2.75, 3.05) is 7.05 Å². The molecule has 168 valence electrons. The van der Waals surface area contributed by atoms with Crippen LogP contribution in [-0.4, -0.2) is 29.9 Å². The first-order valence-electron chi connectivity index (χ1n) is 12.0. The van der Waals surface area contributed by atoms with Crippen LogP contribution in [0.25, 0.3) is 0 Å². The van der Waals surface area contributed by atoms with Crippen LogP contribution in [0.3, 0.4) is 0 Å². The van der Waals surface area contributed by atoms with Crippen LogP contribution in [0, 0.1) is 40.3 Å². The number of hydrogen-bond acceptors (Lipinski definition) is 3. The number of piperidine rings is 1. The molecule has 1 aromatic carbocycles. The van der Waals surface area contributed by atoms with E-state index in [0.717, 1.165) is 44.9 Å². The Hall–Kier alpha value is -1.91. The maximum absolute atomic E-state index is 14.0. The molecule has 5 rings (SSSR count). The van der Waals surface area contributed by atoms with Crippen molar-refractivity contribution in [1.82, 2.24) is 4.90 Å². The van der Waals surface area contributed by atoms with Crippen LogP contribution in [0.4, 0.5) is 4.39 Å². The molecule has 31 heavy (non-hydrogen) atoms. The molecule has 1 heterocycles. The Bertz CT molecular complexity index is 902. The van der Waals surface area contributed by atoms with Crippen LogP contribution in [0.15, 0.2) is 24.3 Å². The number of halogens is 1. The SMILES string of the molecule is CN1C(=O)CC[C@]2(C)[C@H]3CC[C@]4(C)[C@@H](C(=O)Oc5ccccc5F)CC[C@H]4[C@@H]3CC[C@@H]12. The van der Waals surface area contributed by atoms with Crippen molar-refractivity contribution in [3.8, 4) is 5.75 Å². The van der Waals surface area contributed by atoms with Crippen molar-refractivity contribution in [2.24, 2.45) is 34.5 Å². The molecule has 5 heteroatoms. The number of benzene rings is 1. The summed E-state index contributed by atoms with van der Waals surface area (Å²) in [5.41, 5.74) is 0.0990. The van der Waals surface area contributed by atoms with Crippen LogP contribution >= 0.6 is 0 Å². The average molecular weight is 428 g/mol. The normalized spacial score (nSPS) is 41.9. The van der Waals surface area contributed by atoms with E-state index in [0.29, 0.717) is 36.1 Å². The fourth-order valence-corrected chi connectivity index (χ4v) is 8.24. The molecule has 1 aliphatic heterocycles. The van der Waals surface area contributed by atoms with Crippen LogP contribution in [0.5, 0.6) is 5.75 Å². The summed E-state index contributed by atoms with van der Waals surface area (Å²) in [5, 5.41) is 0. The second-order valence-electron chi connectivity index (χ2n) is 11.0. The number of amides is 1. The van der Waals surface area contributed by atoms with E-state index in [1.165, 1.54) is 12.1 Å². The highest BCUT2D eigenvalue weighted by atomic mass is 19.1. The Morgan fingerprint density at radius 3 is 2.55 bits per heavy atom. The summed E-state index contributed by atoms with van der Waals surface area (Å²) in [5.74, 6) is 1.13. The minimum atomic E-state index is -0.485. The molecule has 4 fully saturated rings. The lowest BCUT2D eigenvalue weighted by atomic mass is 9.47. The average Bonchev–Trinajstić information content (AvgIpc) is 3.10. The smallest absolute Gasteiger partial charge is 0.314 e. The summed E-state index contributed by atoms with van der Waals surface area (Å²) in [6, 6.07) is 6.51. The van der Waals surface area contributed by atoms with Crippen LogP contribution < -0.4 is 4.74 Å². The molecular weight excluding hydrogens is 393 g/mol. The summed E-state index contributed by atoms with van der Waals surface area (Å²) >= 11 is 0. The van der Waals surface area contributed by atoms with E-state index >= 15 is 0 Å². The van der Waals surface area contributed by atoms with Crippen molar-refractivity contribution in [3.63, 3.8) is 0 Å². The van der Waals surface area contributed by atoms with Gasteiger partial charge in [0.1, 0.15) is 0 Å². The zero-order valence-corrected chi connectivity index (χ0v) is 18.9. The molecule has 3 aliphatic carbocycles. The van der Waals surface area contributed by atoms with Crippen molar-refractivity contribution in [2.45, 2.75) is 71.3 Å². The number of carbonyl (C=O) groups is 2. The third-order valence-corrected chi connectivity index (χ3v) is 9.89. The van der Waals surface area contributed by atoms with Gasteiger partial charge in [-0.3, -0.25) is 9.59 Å². The van der Waals surface area contributed by atoms with Gasteiger partial charge in [-0.2, -0.15) is 0 Å². The molecule has 0 spiro atoms. The molecule has 1 amide bonds. The summed E-state index contributed by atoms with van der Waals surface area (Å²) in [7, 11) is 1.99. The molecule has 1 aromatic rings. The number of likely N-dealkylation sites (tertiary alicyclic amines) is 1. The Balaban J connectivity index is 1.37. The Labute approximate surface area is 184 Å². The fraction of sp³-hybridized carbons (Fsp3) is 0.692. The van der Waals surface area contributed by atoms with Gasteiger partial charge in [0.2, 0.25) is 5.91 Å². The zero-order chi connectivity index (χ0) is 22.0. The maximum Gasteiger partial charge on any atom is 0.314 e. The molecule has 0 unspecified atom stereocenters. The summed E-state index contributed by atoms with van der Waals surface area (Å²) in [6.45, 7) is 4.69. The Kier molecular flexibility index (Phi) is 4.95. The predicted octanol–water partition coefficient (Wildman–Crippen LogP) is 5.21. The summed E-state index contributed by atoms with van der Waals surface area (Å²) in [6.07, 6.45) is 7.84. The first-order valence-corrected chi connectivity index (χ1v) is 12.0. The first kappa shape index (κ1) is 21.0. The van der Waals surface area contributed by atoms with E-state index in [2.05, 4.69) is 13.8 Å². The van der Waals surface area contributed by atoms with E-state index in [1.54, 1.807) is 12.1 Å². The second-order valence-corrected chi connectivity index (χ2v) is 11.0. The lowest BCUT2D eigenvalue weighted by Gasteiger charge is -2.61. The summed E-state index contributed by atoms with van der Waals surface area (Å²) < 4.78 is 19.6. The van der Waals surface area contributed by atoms with Crippen molar-refractivity contribution >= 4 is 11.9 Å². The number of rotatable bonds is 2. The molecule has 0 aromatic heterocycles. The van der Waals surface area contributed by atoms with Gasteiger partial charge in [0.05, 0.1) is 5.92 Å². The summed E-state index contributed by atoms with van der Waals surface area (Å²) in [4.78, 5) is 27.5. The van der Waals surface area contributed by atoms with Crippen LogP contribution in [0.2, 0.25) is 0 Å². The number of fused-ring (bicyclic) bond motifs is 5. The number of esters is 1. The maximum atomic E-state index is 14.0. The van der Waals surface area contributed by atoms with Gasteiger partial charge >= 0.3 is 5.97 Å². The van der Waals surface area contributed by atoms with Gasteiger partial charge in [-0.15, -0.1) is 0 Å². The number of carbonyl (C=O) groups excluding carboxylic acids is 2. The highest BCUT2D eigenvalue weighted by Crippen LogP contribution is 2.66. The molecule has 4 aliphatic rings. The van der Waals surface area contributed by atoms with Gasteiger partial charge in [0.25, 0.3) is 0 Å². The van der Waals surface area contributed by atoms with E-state index in [-0.39, 0.29) is 28.5 Å². The molecule has 3 saturated carbocycles. The third kappa shape index (κ3) is 3.06. The molecule has 7 atom stereocenters. The van der Waals surface area contributed by atoms with Gasteiger partial charge in [0.15, 0.2) is 11.6 Å². The molecule has 0 radical (unpaired) electrons. The van der Waals surface area contributed by atoms with E-state index in [1.807, 2.05) is 11.9 Å². The topological polar surface area (TPSA) is 46.6 Å². The number of para-hydroxylation sites is 1. The first-order chi connectivity index (χ1) is 14.8. The predicted molar refractivity (Wildman–Crippen MR) is 116 cm³/mol. The monoisotopic (exact) mass is 427 g/mol. The third-order valence-electron chi connectivity index (χ3n) is 9.89. The molecule has 4 nitrogen and oxygen atoms in total. The van der Waals surface area contributed by atoms with Crippen molar-refractivity contribution in [1.29, 1.82) is 0 Å². The highest BCUT2D eigenvalue weighted by molar-refractivity contribution is 5.78. The molecule has 1 saturated heterocycles. The standard InChI is InChI=1S/C26H34FNO3/c1-25-14-12-18-16(8-11-22-26(18,2)15-13-23(29)28(22)3)17(25)9-10-19(25)24(30)31-21-7-5-4-6-20(21)27/h4-7,16-19,22H,8-15H2,1-3H3/t16-,17-,18-,19+,22+,25-,26+/m0/s1. The van der Waals surface area contributed by atoms with Crippen molar-refractivity contribution < 1.29 is 18.7 Å². The zero-order valence-electron chi connectivity index (χ0n) is 18.9. The largest absolute Gasteiger partial charge is 0.423 e. The van der Waals surface area contributed by atoms with Crippen LogP contribution in [-0.2, 0) is 9.59 Å². The van der Waals surface area contributed by atoms with Gasteiger partial charge < -0.3 is 9.64 Å². The van der Waals surface area contributed by atoms with E-state index in [4.69, 9.17) is 4.74 Å². The van der Waals surface area contributed by atoms with Crippen molar-refractivity contribution in [3.05, 3.63) is 30.1 Å². The number of nitrogens with zero attached hydrogens (tertiary/aromatic N) is 1. The minimum Gasteiger partial charge on any atom is -0.423 e. The Morgan fingerprint density at radius 2 is 1.77 bits per heavy atom. The quantitative estimate of drug-likeness (QED) is 0.481. The second kappa shape index (κ2) is 7.31. The van der Waals surface area contributed by atoms with Gasteiger partial charge in [-0.1, -0.05) is 26.0 Å². The van der Waals surface area contributed by atoms with Gasteiger partial charge in [0, 0.05) is 19.5 Å². The number of hydrogen-bond donors (Lipinski definition) is 0. The molecular formula is C26H34FNO3. The van der Waals surface area contributed by atoms with E-state index < -0.39 is 5.82 Å². The highest BCUT2D eigenvalue weighted by Gasteiger charge is 2.62. The minimum absolute atomic E-state index is 0.0381. The van der Waals surface area contributed by atoms with Gasteiger partial charge in [-0.05, 0) is 85.7 Å². The number of ether oxygens (including phenoxy) is 1. The molecule has 0 N–H and O–H groups in total. The fourth-order valence-electron chi connectivity index (χ4n) is 8.24. The lowest BCUT2D eigenvalue weighted by molar-refractivity contribution is -0.162. The Morgan fingerprint density at radius 1 is 1.03 bits per heavy atom. The molecule has 0 bridgehead atoms. The van der Waals surface area contributed by atoms with E-state index in [9.17, 15) is 14.0 Å². The van der Waals surface area contributed by atoms with Gasteiger partial charge in [-0.25, -0.2) is 4.39 Å². The van der Waals surface area contributed by atoms with Crippen LogP contribution in [0.1, 0.15) is 65.2 Å². The lowest BCUT2D eigenvalue weighted by Crippen LogP contribution is -2.61.